The molecule has 0 aliphatic carbocycles. The summed E-state index contributed by atoms with van der Waals surface area (Å²) in [7, 11) is -2.24. The molecule has 3 N–H and O–H groups in total. The molecule has 2 aliphatic rings. The Bertz CT molecular complexity index is 1430. The van der Waals surface area contributed by atoms with Crippen LogP contribution in [-0.4, -0.2) is 43.7 Å². The molecule has 2 aliphatic heterocycles. The van der Waals surface area contributed by atoms with Crippen LogP contribution >= 0.6 is 0 Å². The van der Waals surface area contributed by atoms with Crippen LogP contribution in [0.5, 0.6) is 0 Å². The van der Waals surface area contributed by atoms with Gasteiger partial charge in [-0.3, -0.25) is 0 Å². The number of carbonyl (C=O) groups is 1. The third-order valence-corrected chi connectivity index (χ3v) is 8.58. The van der Waals surface area contributed by atoms with Crippen LogP contribution in [-0.2, 0) is 37.8 Å². The Labute approximate surface area is 238 Å². The Balaban J connectivity index is 1.73. The van der Waals surface area contributed by atoms with Crippen LogP contribution in [0.1, 0.15) is 70.1 Å². The normalized spacial score (nSPS) is 20.1. The molecule has 0 saturated heterocycles. The van der Waals surface area contributed by atoms with Crippen LogP contribution in [0.4, 0.5) is 5.69 Å². The Morgan fingerprint density at radius 1 is 1.07 bits per heavy atom. The molecule has 8 nitrogen and oxygen atoms in total. The van der Waals surface area contributed by atoms with E-state index in [4.69, 9.17) is 9.88 Å². The molecule has 0 bridgehead atoms. The predicted molar refractivity (Wildman–Crippen MR) is 158 cm³/mol. The number of ether oxygens (including phenoxy) is 1. The molecule has 1 unspecified atom stereocenters. The van der Waals surface area contributed by atoms with Crippen LogP contribution in [0, 0.1) is 0 Å². The van der Waals surface area contributed by atoms with E-state index in [-0.39, 0.29) is 41.3 Å². The molecule has 0 spiro atoms. The summed E-state index contributed by atoms with van der Waals surface area (Å²) in [5, 5.41) is 16.9. The fourth-order valence-corrected chi connectivity index (χ4v) is 6.57. The van der Waals surface area contributed by atoms with Gasteiger partial charge in [0.1, 0.15) is 11.4 Å². The smallest absolute Gasteiger partial charge is 0.338 e. The summed E-state index contributed by atoms with van der Waals surface area (Å²) in [6.45, 7) is 8.51. The van der Waals surface area contributed by atoms with Gasteiger partial charge in [0.15, 0.2) is 5.03 Å². The molecular formula is C31H41N3O5S. The Hall–Kier alpha value is -3.30. The maximum absolute atomic E-state index is 13.6. The van der Waals surface area contributed by atoms with E-state index in [0.717, 1.165) is 29.5 Å². The molecule has 9 heteroatoms. The molecule has 0 amide bonds. The van der Waals surface area contributed by atoms with E-state index in [9.17, 15) is 18.3 Å². The van der Waals surface area contributed by atoms with E-state index in [1.54, 1.807) is 16.8 Å². The van der Waals surface area contributed by atoms with Gasteiger partial charge in [0.2, 0.25) is 0 Å². The number of esters is 1. The lowest BCUT2D eigenvalue weighted by Crippen LogP contribution is -2.41. The fourth-order valence-electron chi connectivity index (χ4n) is 5.78. The van der Waals surface area contributed by atoms with Gasteiger partial charge in [-0.05, 0) is 47.4 Å². The molecule has 1 atom stereocenters. The largest absolute Gasteiger partial charge is 0.512 e. The van der Waals surface area contributed by atoms with E-state index in [0.29, 0.717) is 18.5 Å². The van der Waals surface area contributed by atoms with Crippen molar-refractivity contribution in [2.45, 2.75) is 77.2 Å². The maximum atomic E-state index is 13.6. The maximum Gasteiger partial charge on any atom is 0.338 e. The number of rotatable bonds is 9. The third kappa shape index (κ3) is 6.36. The Morgan fingerprint density at radius 3 is 2.38 bits per heavy atom. The molecule has 0 aromatic heterocycles. The quantitative estimate of drug-likeness (QED) is 0.398. The lowest BCUT2D eigenvalue weighted by Gasteiger charge is -2.38. The summed E-state index contributed by atoms with van der Waals surface area (Å²) >= 11 is 0. The number of benzene rings is 2. The minimum atomic E-state index is -4.01. The van der Waals surface area contributed by atoms with E-state index < -0.39 is 21.6 Å². The lowest BCUT2D eigenvalue weighted by atomic mass is 9.79. The van der Waals surface area contributed by atoms with E-state index in [1.165, 1.54) is 6.20 Å². The van der Waals surface area contributed by atoms with Crippen LogP contribution in [0.2, 0.25) is 0 Å². The van der Waals surface area contributed by atoms with Crippen molar-refractivity contribution in [1.29, 1.82) is 0 Å². The van der Waals surface area contributed by atoms with Gasteiger partial charge < -0.3 is 19.6 Å². The van der Waals surface area contributed by atoms with Gasteiger partial charge in [-0.2, -0.15) is 0 Å². The highest BCUT2D eigenvalue weighted by atomic mass is 32.2. The molecule has 0 fully saturated rings. The Kier molecular flexibility index (Phi) is 8.38. The lowest BCUT2D eigenvalue weighted by molar-refractivity contribution is -0.160. The number of carbonyl (C=O) groups excluding carboxylic acids is 1. The average Bonchev–Trinajstić information content (AvgIpc) is 3.27. The summed E-state index contributed by atoms with van der Waals surface area (Å²) in [4.78, 5) is 17.0. The van der Waals surface area contributed by atoms with Crippen molar-refractivity contribution in [1.82, 2.24) is 4.90 Å². The molecule has 2 heterocycles. The summed E-state index contributed by atoms with van der Waals surface area (Å²) in [5.74, 6) is -0.492. The third-order valence-electron chi connectivity index (χ3n) is 7.67. The van der Waals surface area contributed by atoms with Crippen molar-refractivity contribution in [2.24, 2.45) is 5.14 Å². The van der Waals surface area contributed by atoms with Crippen molar-refractivity contribution < 1.29 is 23.1 Å². The van der Waals surface area contributed by atoms with Crippen molar-refractivity contribution in [2.75, 3.05) is 18.6 Å². The minimum Gasteiger partial charge on any atom is -0.512 e. The first-order valence-corrected chi connectivity index (χ1v) is 15.3. The highest BCUT2D eigenvalue weighted by molar-refractivity contribution is 7.93. The van der Waals surface area contributed by atoms with E-state index in [1.807, 2.05) is 43.3 Å². The second-order valence-electron chi connectivity index (χ2n) is 12.0. The zero-order chi connectivity index (χ0) is 29.3. The zero-order valence-corrected chi connectivity index (χ0v) is 24.9. The number of hydrogen-bond donors (Lipinski definition) is 2. The highest BCUT2D eigenvalue weighted by Crippen LogP contribution is 2.41. The van der Waals surface area contributed by atoms with Gasteiger partial charge in [0.25, 0.3) is 10.0 Å². The number of sulfonamides is 1. The van der Waals surface area contributed by atoms with Gasteiger partial charge in [-0.15, -0.1) is 0 Å². The standard InChI is InChI=1S/C31H41N3O5S/c1-6-16-31(17-15-22-11-8-7-9-12-22)19-27(35)24(29(36)39-31)18-23-25(30(2,3)4)13-10-14-26(23)34-21-33(5)20-28(34)40(32,37)38/h7-14,20,35H,6,15-19,21H2,1-5H3,(H2,32,37,38). The Morgan fingerprint density at radius 2 is 1.77 bits per heavy atom. The molecule has 4 rings (SSSR count). The predicted octanol–water partition coefficient (Wildman–Crippen LogP) is 5.25. The highest BCUT2D eigenvalue weighted by Gasteiger charge is 2.42. The molecule has 0 saturated carbocycles. The van der Waals surface area contributed by atoms with Crippen molar-refractivity contribution in [3.63, 3.8) is 0 Å². The van der Waals surface area contributed by atoms with Gasteiger partial charge in [-0.25, -0.2) is 18.4 Å². The first kappa shape index (κ1) is 29.7. The monoisotopic (exact) mass is 567 g/mol. The van der Waals surface area contributed by atoms with Gasteiger partial charge in [0.05, 0.1) is 12.2 Å². The molecule has 2 aromatic carbocycles. The molecular weight excluding hydrogens is 526 g/mol. The van der Waals surface area contributed by atoms with Crippen LogP contribution in [0.15, 0.2) is 71.1 Å². The number of aliphatic hydroxyl groups is 1. The molecule has 40 heavy (non-hydrogen) atoms. The van der Waals surface area contributed by atoms with Crippen molar-refractivity contribution in [3.05, 3.63) is 87.8 Å². The SMILES string of the molecule is CCCC1(CCc2ccccc2)CC(O)=C(Cc2c(N3CN(C)C=C3S(N)(=O)=O)cccc2C(C)(C)C)C(=O)O1. The topological polar surface area (TPSA) is 113 Å². The molecule has 0 radical (unpaired) electrons. The van der Waals surface area contributed by atoms with Crippen LogP contribution in [0.25, 0.3) is 0 Å². The summed E-state index contributed by atoms with van der Waals surface area (Å²) in [5.41, 5.74) is 2.59. The summed E-state index contributed by atoms with van der Waals surface area (Å²) < 4.78 is 31.1. The second-order valence-corrected chi connectivity index (χ2v) is 13.5. The second kappa shape index (κ2) is 11.3. The summed E-state index contributed by atoms with van der Waals surface area (Å²) in [6, 6.07) is 15.7. The number of aryl methyl sites for hydroxylation is 1. The number of hydrogen-bond acceptors (Lipinski definition) is 7. The van der Waals surface area contributed by atoms with Gasteiger partial charge in [-0.1, -0.05) is 76.6 Å². The number of anilines is 1. The number of nitrogens with zero attached hydrogens (tertiary/aromatic N) is 2. The molecule has 216 valence electrons. The number of nitrogens with two attached hydrogens (primary N) is 1. The van der Waals surface area contributed by atoms with E-state index >= 15 is 0 Å². The zero-order valence-electron chi connectivity index (χ0n) is 24.1. The number of primary sulfonamides is 1. The summed E-state index contributed by atoms with van der Waals surface area (Å²) in [6.07, 6.45) is 4.66. The number of aliphatic hydroxyl groups excluding tert-OH is 1. The van der Waals surface area contributed by atoms with Crippen molar-refractivity contribution in [3.8, 4) is 0 Å². The minimum absolute atomic E-state index is 0.0189. The molecule has 2 aromatic rings. The average molecular weight is 568 g/mol. The van der Waals surface area contributed by atoms with E-state index in [2.05, 4.69) is 32.9 Å². The van der Waals surface area contributed by atoms with Crippen LogP contribution < -0.4 is 10.0 Å². The number of cyclic esters (lactones) is 1. The van der Waals surface area contributed by atoms with Gasteiger partial charge in [0, 0.05) is 31.8 Å². The first-order chi connectivity index (χ1) is 18.7. The first-order valence-electron chi connectivity index (χ1n) is 13.8. The van der Waals surface area contributed by atoms with Crippen molar-refractivity contribution >= 4 is 21.7 Å². The fraction of sp³-hybridized carbons (Fsp3) is 0.452. The van der Waals surface area contributed by atoms with Gasteiger partial charge >= 0.3 is 5.97 Å². The van der Waals surface area contributed by atoms with Crippen LogP contribution in [0.3, 0.4) is 0 Å².